The SMILES string of the molecule is COc1ccccc1Oc1cc(Cl)ccc1C=O. The van der Waals surface area contributed by atoms with Crippen LogP contribution in [0.15, 0.2) is 42.5 Å². The summed E-state index contributed by atoms with van der Waals surface area (Å²) in [4.78, 5) is 10.9. The van der Waals surface area contributed by atoms with Gasteiger partial charge >= 0.3 is 0 Å². The molecule has 0 saturated heterocycles. The first-order chi connectivity index (χ1) is 8.74. The fraction of sp³-hybridized carbons (Fsp3) is 0.0714. The molecule has 2 rings (SSSR count). The number of carbonyl (C=O) groups is 1. The van der Waals surface area contributed by atoms with Gasteiger partial charge in [-0.25, -0.2) is 0 Å². The second-order valence-corrected chi connectivity index (χ2v) is 3.99. The number of hydrogen-bond donors (Lipinski definition) is 0. The molecule has 0 saturated carbocycles. The Morgan fingerprint density at radius 2 is 1.78 bits per heavy atom. The van der Waals surface area contributed by atoms with Crippen LogP contribution in [0.2, 0.25) is 5.02 Å². The molecule has 0 fully saturated rings. The van der Waals surface area contributed by atoms with Crippen molar-refractivity contribution in [3.05, 3.63) is 53.1 Å². The molecule has 18 heavy (non-hydrogen) atoms. The molecule has 0 aliphatic rings. The number of benzene rings is 2. The Morgan fingerprint density at radius 1 is 1.06 bits per heavy atom. The lowest BCUT2D eigenvalue weighted by Crippen LogP contribution is -1.93. The van der Waals surface area contributed by atoms with E-state index >= 15 is 0 Å². The maximum Gasteiger partial charge on any atom is 0.169 e. The third-order valence-corrected chi connectivity index (χ3v) is 2.63. The number of carbonyl (C=O) groups excluding carboxylic acids is 1. The Labute approximate surface area is 110 Å². The average Bonchev–Trinajstić information content (AvgIpc) is 2.40. The molecule has 0 atom stereocenters. The van der Waals surface area contributed by atoms with E-state index in [4.69, 9.17) is 21.1 Å². The lowest BCUT2D eigenvalue weighted by molar-refractivity contribution is 0.112. The van der Waals surface area contributed by atoms with Crippen molar-refractivity contribution >= 4 is 17.9 Å². The van der Waals surface area contributed by atoms with Crippen LogP contribution in [-0.4, -0.2) is 13.4 Å². The smallest absolute Gasteiger partial charge is 0.169 e. The Balaban J connectivity index is 2.39. The van der Waals surface area contributed by atoms with Gasteiger partial charge in [0, 0.05) is 11.1 Å². The van der Waals surface area contributed by atoms with E-state index in [9.17, 15) is 4.79 Å². The second-order valence-electron chi connectivity index (χ2n) is 3.55. The zero-order valence-corrected chi connectivity index (χ0v) is 10.5. The van der Waals surface area contributed by atoms with Crippen molar-refractivity contribution in [3.8, 4) is 17.2 Å². The van der Waals surface area contributed by atoms with E-state index in [1.165, 1.54) is 0 Å². The first kappa shape index (κ1) is 12.5. The fourth-order valence-corrected chi connectivity index (χ4v) is 1.68. The van der Waals surface area contributed by atoms with Gasteiger partial charge in [0.2, 0.25) is 0 Å². The van der Waals surface area contributed by atoms with Gasteiger partial charge in [-0.15, -0.1) is 0 Å². The van der Waals surface area contributed by atoms with Gasteiger partial charge in [-0.1, -0.05) is 23.7 Å². The van der Waals surface area contributed by atoms with Crippen molar-refractivity contribution in [1.82, 2.24) is 0 Å². The van der Waals surface area contributed by atoms with Crippen LogP contribution in [0.1, 0.15) is 10.4 Å². The molecule has 0 heterocycles. The van der Waals surface area contributed by atoms with E-state index in [0.29, 0.717) is 27.8 Å². The van der Waals surface area contributed by atoms with Gasteiger partial charge in [0.1, 0.15) is 5.75 Å². The molecule has 0 amide bonds. The largest absolute Gasteiger partial charge is 0.493 e. The van der Waals surface area contributed by atoms with E-state index in [-0.39, 0.29) is 0 Å². The molecule has 0 aliphatic heterocycles. The van der Waals surface area contributed by atoms with Crippen molar-refractivity contribution in [1.29, 1.82) is 0 Å². The highest BCUT2D eigenvalue weighted by atomic mass is 35.5. The van der Waals surface area contributed by atoms with Crippen LogP contribution in [0.4, 0.5) is 0 Å². The number of aldehydes is 1. The normalized spacial score (nSPS) is 9.89. The van der Waals surface area contributed by atoms with Gasteiger partial charge < -0.3 is 9.47 Å². The second kappa shape index (κ2) is 5.56. The van der Waals surface area contributed by atoms with E-state index in [1.54, 1.807) is 37.4 Å². The maximum atomic E-state index is 10.9. The van der Waals surface area contributed by atoms with E-state index < -0.39 is 0 Å². The highest BCUT2D eigenvalue weighted by Crippen LogP contribution is 2.33. The molecule has 0 spiro atoms. The quantitative estimate of drug-likeness (QED) is 0.783. The van der Waals surface area contributed by atoms with Crippen LogP contribution < -0.4 is 9.47 Å². The molecule has 0 aliphatic carbocycles. The van der Waals surface area contributed by atoms with E-state index in [1.807, 2.05) is 12.1 Å². The van der Waals surface area contributed by atoms with Gasteiger partial charge in [0.05, 0.1) is 12.7 Å². The Kier molecular flexibility index (Phi) is 3.85. The summed E-state index contributed by atoms with van der Waals surface area (Å²) in [7, 11) is 1.56. The van der Waals surface area contributed by atoms with E-state index in [2.05, 4.69) is 0 Å². The molecule has 92 valence electrons. The number of methoxy groups -OCH3 is 1. The topological polar surface area (TPSA) is 35.5 Å². The summed E-state index contributed by atoms with van der Waals surface area (Å²) < 4.78 is 10.8. The molecule has 0 radical (unpaired) electrons. The van der Waals surface area contributed by atoms with Gasteiger partial charge in [0.25, 0.3) is 0 Å². The van der Waals surface area contributed by atoms with Crippen LogP contribution in [0.25, 0.3) is 0 Å². The van der Waals surface area contributed by atoms with Gasteiger partial charge in [-0.2, -0.15) is 0 Å². The average molecular weight is 263 g/mol. The van der Waals surface area contributed by atoms with Crippen LogP contribution in [0.3, 0.4) is 0 Å². The third-order valence-electron chi connectivity index (χ3n) is 2.39. The monoisotopic (exact) mass is 262 g/mol. The standard InChI is InChI=1S/C14H11ClO3/c1-17-12-4-2-3-5-13(12)18-14-8-11(15)7-6-10(14)9-16/h2-9H,1H3. The molecule has 0 unspecified atom stereocenters. The minimum Gasteiger partial charge on any atom is -0.493 e. The first-order valence-corrected chi connectivity index (χ1v) is 5.68. The minimum atomic E-state index is 0.405. The van der Waals surface area contributed by atoms with Crippen LogP contribution >= 0.6 is 11.6 Å². The summed E-state index contributed by atoms with van der Waals surface area (Å²) >= 11 is 5.89. The molecule has 3 nitrogen and oxygen atoms in total. The van der Waals surface area contributed by atoms with Crippen molar-refractivity contribution < 1.29 is 14.3 Å². The predicted octanol–water partition coefficient (Wildman–Crippen LogP) is 3.95. The number of para-hydroxylation sites is 2. The van der Waals surface area contributed by atoms with E-state index in [0.717, 1.165) is 6.29 Å². The van der Waals surface area contributed by atoms with Crippen molar-refractivity contribution in [2.24, 2.45) is 0 Å². The summed E-state index contributed by atoms with van der Waals surface area (Å²) in [6, 6.07) is 12.0. The molecular formula is C14H11ClO3. The molecule has 0 bridgehead atoms. The summed E-state index contributed by atoms with van der Waals surface area (Å²) in [5, 5.41) is 0.505. The summed E-state index contributed by atoms with van der Waals surface area (Å²) in [6.45, 7) is 0. The summed E-state index contributed by atoms with van der Waals surface area (Å²) in [5.41, 5.74) is 0.435. The van der Waals surface area contributed by atoms with Gasteiger partial charge in [0.15, 0.2) is 17.8 Å². The lowest BCUT2D eigenvalue weighted by Gasteiger charge is -2.11. The van der Waals surface area contributed by atoms with Gasteiger partial charge in [-0.3, -0.25) is 4.79 Å². The summed E-state index contributed by atoms with van der Waals surface area (Å²) in [5.74, 6) is 1.53. The maximum absolute atomic E-state index is 10.9. The molecule has 0 N–H and O–H groups in total. The molecule has 0 aromatic heterocycles. The number of rotatable bonds is 4. The first-order valence-electron chi connectivity index (χ1n) is 5.30. The Morgan fingerprint density at radius 3 is 2.44 bits per heavy atom. The zero-order valence-electron chi connectivity index (χ0n) is 9.72. The fourth-order valence-electron chi connectivity index (χ4n) is 1.52. The lowest BCUT2D eigenvalue weighted by atomic mass is 10.2. The van der Waals surface area contributed by atoms with Crippen molar-refractivity contribution in [2.75, 3.05) is 7.11 Å². The van der Waals surface area contributed by atoms with Crippen LogP contribution in [0, 0.1) is 0 Å². The number of hydrogen-bond acceptors (Lipinski definition) is 3. The zero-order chi connectivity index (χ0) is 13.0. The number of halogens is 1. The van der Waals surface area contributed by atoms with Crippen molar-refractivity contribution in [3.63, 3.8) is 0 Å². The van der Waals surface area contributed by atoms with Crippen LogP contribution in [-0.2, 0) is 0 Å². The molecule has 4 heteroatoms. The molecule has 2 aromatic carbocycles. The predicted molar refractivity (Wildman–Crippen MR) is 69.9 cm³/mol. The third kappa shape index (κ3) is 2.63. The Bertz CT molecular complexity index is 567. The van der Waals surface area contributed by atoms with Gasteiger partial charge in [-0.05, 0) is 24.3 Å². The Hall–Kier alpha value is -2.00. The number of ether oxygens (including phenoxy) is 2. The highest BCUT2D eigenvalue weighted by Gasteiger charge is 2.08. The van der Waals surface area contributed by atoms with Crippen LogP contribution in [0.5, 0.6) is 17.2 Å². The summed E-state index contributed by atoms with van der Waals surface area (Å²) in [6.07, 6.45) is 0.723. The minimum absolute atomic E-state index is 0.405. The highest BCUT2D eigenvalue weighted by molar-refractivity contribution is 6.30. The molecule has 2 aromatic rings. The van der Waals surface area contributed by atoms with Crippen molar-refractivity contribution in [2.45, 2.75) is 0 Å². The molecular weight excluding hydrogens is 252 g/mol.